The van der Waals surface area contributed by atoms with Crippen LogP contribution in [0.3, 0.4) is 0 Å². The highest BCUT2D eigenvalue weighted by Crippen LogP contribution is 2.35. The van der Waals surface area contributed by atoms with Crippen molar-refractivity contribution < 1.29 is 13.7 Å². The Labute approximate surface area is 238 Å². The summed E-state index contributed by atoms with van der Waals surface area (Å²) in [4.78, 5) is 22.4. The summed E-state index contributed by atoms with van der Waals surface area (Å²) in [5, 5.41) is 8.91. The molecule has 0 saturated carbocycles. The van der Waals surface area contributed by atoms with E-state index in [0.717, 1.165) is 21.6 Å². The second kappa shape index (κ2) is 13.0. The monoisotopic (exact) mass is 568 g/mol. The molecular formula is C30H26N5O3S2-. The van der Waals surface area contributed by atoms with Crippen molar-refractivity contribution >= 4 is 45.5 Å². The van der Waals surface area contributed by atoms with Gasteiger partial charge in [-0.1, -0.05) is 83.8 Å². The summed E-state index contributed by atoms with van der Waals surface area (Å²) in [6, 6.07) is 31.1. The molecule has 0 unspecified atom stereocenters. The maximum Gasteiger partial charge on any atom is 0.410 e. The maximum atomic E-state index is 12.3. The van der Waals surface area contributed by atoms with Crippen molar-refractivity contribution in [3.8, 4) is 10.4 Å². The van der Waals surface area contributed by atoms with Crippen LogP contribution in [0.2, 0.25) is 0 Å². The number of carbonyl (C=O) groups excluding carboxylic acids is 1. The zero-order valence-electron chi connectivity index (χ0n) is 21.6. The summed E-state index contributed by atoms with van der Waals surface area (Å²) in [6.07, 6.45) is 0.949. The van der Waals surface area contributed by atoms with Crippen molar-refractivity contribution in [2.24, 2.45) is 4.36 Å². The molecule has 2 aromatic heterocycles. The van der Waals surface area contributed by atoms with Crippen LogP contribution in [0.1, 0.15) is 24.1 Å². The van der Waals surface area contributed by atoms with Crippen molar-refractivity contribution in [1.29, 1.82) is 0 Å². The molecule has 0 aliphatic rings. The fourth-order valence-corrected chi connectivity index (χ4v) is 5.40. The van der Waals surface area contributed by atoms with Gasteiger partial charge in [0.25, 0.3) is 0 Å². The van der Waals surface area contributed by atoms with E-state index in [0.29, 0.717) is 22.3 Å². The highest BCUT2D eigenvalue weighted by Gasteiger charge is 2.18. The third-order valence-electron chi connectivity index (χ3n) is 5.86. The van der Waals surface area contributed by atoms with E-state index >= 15 is 0 Å². The quantitative estimate of drug-likeness (QED) is 0.175. The van der Waals surface area contributed by atoms with E-state index < -0.39 is 16.7 Å². The molecule has 0 fully saturated rings. The average molecular weight is 569 g/mol. The number of carbonyl (C=O) groups is 1. The Kier molecular flexibility index (Phi) is 8.79. The summed E-state index contributed by atoms with van der Waals surface area (Å²) in [6.45, 7) is 1.83. The molecule has 10 heteroatoms. The second-order valence-electron chi connectivity index (χ2n) is 8.52. The first kappa shape index (κ1) is 27.0. The van der Waals surface area contributed by atoms with Crippen LogP contribution in [0, 0.1) is 0 Å². The van der Waals surface area contributed by atoms with E-state index in [1.807, 2.05) is 53.9 Å². The maximum absolute atomic E-state index is 12.3. The Balaban J connectivity index is 1.45. The first-order valence-electron chi connectivity index (χ1n) is 12.6. The molecule has 5 aromatic rings. The predicted octanol–water partition coefficient (Wildman–Crippen LogP) is 7.81. The molecule has 5 rings (SSSR count). The number of nitrogens with one attached hydrogen (secondary N) is 2. The minimum atomic E-state index is -1.85. The van der Waals surface area contributed by atoms with Crippen LogP contribution >= 0.6 is 11.3 Å². The summed E-state index contributed by atoms with van der Waals surface area (Å²) < 4.78 is 20.6. The summed E-state index contributed by atoms with van der Waals surface area (Å²) in [7, 11) is -1.85. The van der Waals surface area contributed by atoms with Crippen molar-refractivity contribution in [1.82, 2.24) is 9.97 Å². The molecule has 202 valence electrons. The van der Waals surface area contributed by atoms with E-state index in [1.54, 1.807) is 48.7 Å². The largest absolute Gasteiger partial charge is 0.450 e. The third kappa shape index (κ3) is 6.71. The van der Waals surface area contributed by atoms with Crippen LogP contribution < -0.4 is 10.6 Å². The zero-order valence-corrected chi connectivity index (χ0v) is 23.2. The molecule has 0 spiro atoms. The van der Waals surface area contributed by atoms with Crippen molar-refractivity contribution in [3.63, 3.8) is 0 Å². The van der Waals surface area contributed by atoms with Gasteiger partial charge in [0.05, 0.1) is 18.2 Å². The zero-order chi connectivity index (χ0) is 27.7. The van der Waals surface area contributed by atoms with Crippen molar-refractivity contribution in [2.75, 3.05) is 17.2 Å². The molecule has 2 N–H and O–H groups in total. The van der Waals surface area contributed by atoms with E-state index in [-0.39, 0.29) is 12.6 Å². The number of nitrogens with zero attached hydrogens (tertiary/aromatic N) is 3. The Bertz CT molecular complexity index is 1600. The topological polar surface area (TPSA) is 106 Å². The van der Waals surface area contributed by atoms with E-state index in [1.165, 1.54) is 0 Å². The lowest BCUT2D eigenvalue weighted by Gasteiger charge is -2.22. The number of aromatic nitrogens is 2. The average Bonchev–Trinajstić information content (AvgIpc) is 3.52. The Morgan fingerprint density at radius 2 is 1.62 bits per heavy atom. The SMILES string of the molecule is CCOC(=O)N=[S-](=O)c1ccc(Nc2ncc(-c3cccs3)c(NC(c3ccccc3)c3ccccc3)n2)cc1. The number of thiophene rings is 1. The van der Waals surface area contributed by atoms with Crippen LogP contribution in [0.25, 0.3) is 10.4 Å². The number of anilines is 3. The van der Waals surface area contributed by atoms with E-state index in [4.69, 9.17) is 9.72 Å². The fourth-order valence-electron chi connectivity index (χ4n) is 4.01. The van der Waals surface area contributed by atoms with Crippen LogP contribution in [0.4, 0.5) is 22.2 Å². The van der Waals surface area contributed by atoms with Gasteiger partial charge in [0, 0.05) is 16.8 Å². The minimum Gasteiger partial charge on any atom is -0.450 e. The molecule has 0 atom stereocenters. The fraction of sp³-hybridized carbons (Fsp3) is 0.100. The first-order chi connectivity index (χ1) is 19.6. The Morgan fingerprint density at radius 3 is 2.23 bits per heavy atom. The number of rotatable bonds is 9. The third-order valence-corrected chi connectivity index (χ3v) is 7.75. The van der Waals surface area contributed by atoms with Gasteiger partial charge in [-0.05, 0) is 41.6 Å². The molecule has 0 bridgehead atoms. The van der Waals surface area contributed by atoms with Crippen molar-refractivity contribution in [2.45, 2.75) is 17.9 Å². The van der Waals surface area contributed by atoms with Crippen LogP contribution in [0.15, 0.2) is 118 Å². The Hall–Kier alpha value is -4.54. The lowest BCUT2D eigenvalue weighted by atomic mass is 9.98. The number of hydrogen-bond donors (Lipinski definition) is 2. The van der Waals surface area contributed by atoms with Gasteiger partial charge in [-0.3, -0.25) is 4.36 Å². The molecule has 1 amide bonds. The summed E-state index contributed by atoms with van der Waals surface area (Å²) >= 11 is 1.62. The number of hydrogen-bond acceptors (Lipinski definition) is 9. The lowest BCUT2D eigenvalue weighted by Crippen LogP contribution is -2.15. The number of ether oxygens (including phenoxy) is 1. The number of amides is 1. The summed E-state index contributed by atoms with van der Waals surface area (Å²) in [5.74, 6) is 1.08. The van der Waals surface area contributed by atoms with Gasteiger partial charge in [0.15, 0.2) is 0 Å². The highest BCUT2D eigenvalue weighted by atomic mass is 32.2. The van der Waals surface area contributed by atoms with Crippen LogP contribution in [-0.2, 0) is 19.5 Å². The number of benzene rings is 3. The molecule has 0 aliphatic carbocycles. The molecule has 8 nitrogen and oxygen atoms in total. The van der Waals surface area contributed by atoms with Gasteiger partial charge in [0.2, 0.25) is 5.95 Å². The summed E-state index contributed by atoms with van der Waals surface area (Å²) in [5.41, 5.74) is 3.80. The second-order valence-corrected chi connectivity index (χ2v) is 10.6. The highest BCUT2D eigenvalue weighted by molar-refractivity contribution is 7.75. The van der Waals surface area contributed by atoms with Gasteiger partial charge < -0.3 is 19.6 Å². The van der Waals surface area contributed by atoms with Gasteiger partial charge in [0.1, 0.15) is 5.82 Å². The van der Waals surface area contributed by atoms with Crippen LogP contribution in [-0.4, -0.2) is 22.7 Å². The van der Waals surface area contributed by atoms with Gasteiger partial charge >= 0.3 is 6.09 Å². The van der Waals surface area contributed by atoms with E-state index in [2.05, 4.69) is 44.2 Å². The molecule has 2 heterocycles. The molecule has 0 aliphatic heterocycles. The molecule has 40 heavy (non-hydrogen) atoms. The standard InChI is InChI=1S/C30H26N5O3S2/c1-2-38-30(36)35-40(37)24-17-15-23(16-18-24)32-29-31-20-25(26-14-9-19-39-26)28(34-29)33-27(21-10-5-3-6-11-21)22-12-7-4-8-13-22/h3-20,27H,2H2,1H3,(H2,31,32,33,34)/q-1. The predicted molar refractivity (Wildman–Crippen MR) is 159 cm³/mol. The minimum absolute atomic E-state index is 0.138. The van der Waals surface area contributed by atoms with E-state index in [9.17, 15) is 9.00 Å². The normalized spacial score (nSPS) is 11.8. The Morgan fingerprint density at radius 1 is 0.950 bits per heavy atom. The molecular weight excluding hydrogens is 542 g/mol. The van der Waals surface area contributed by atoms with Gasteiger partial charge in [-0.15, -0.1) is 21.9 Å². The molecule has 0 radical (unpaired) electrons. The van der Waals surface area contributed by atoms with Gasteiger partial charge in [-0.2, -0.15) is 4.98 Å². The van der Waals surface area contributed by atoms with Crippen LogP contribution in [0.5, 0.6) is 0 Å². The van der Waals surface area contributed by atoms with Gasteiger partial charge in [-0.25, -0.2) is 9.78 Å². The lowest BCUT2D eigenvalue weighted by molar-refractivity contribution is 0.164. The first-order valence-corrected chi connectivity index (χ1v) is 14.5. The molecule has 3 aromatic carbocycles. The molecule has 0 saturated heterocycles. The van der Waals surface area contributed by atoms with Crippen molar-refractivity contribution in [3.05, 3.63) is 120 Å². The smallest absolute Gasteiger partial charge is 0.410 e.